The molecular formula is C14H19NO. The van der Waals surface area contributed by atoms with Crippen LogP contribution in [0.2, 0.25) is 0 Å². The van der Waals surface area contributed by atoms with E-state index in [0.29, 0.717) is 0 Å². The third kappa shape index (κ3) is 1.97. The summed E-state index contributed by atoms with van der Waals surface area (Å²) in [5, 5.41) is 3.09. The lowest BCUT2D eigenvalue weighted by Gasteiger charge is -2.19. The van der Waals surface area contributed by atoms with Gasteiger partial charge in [-0.2, -0.15) is 0 Å². The van der Waals surface area contributed by atoms with Crippen LogP contribution in [-0.2, 0) is 10.2 Å². The molecule has 2 heteroatoms. The van der Waals surface area contributed by atoms with E-state index in [1.54, 1.807) is 0 Å². The summed E-state index contributed by atoms with van der Waals surface area (Å²) >= 11 is 0. The average molecular weight is 217 g/mol. The number of carbonyl (C=O) groups excluding carboxylic acids is 1. The van der Waals surface area contributed by atoms with Crippen molar-refractivity contribution in [2.24, 2.45) is 0 Å². The second-order valence-electron chi connectivity index (χ2n) is 4.73. The largest absolute Gasteiger partial charge is 0.353 e. The fourth-order valence-electron chi connectivity index (χ4n) is 1.99. The lowest BCUT2D eigenvalue weighted by Crippen LogP contribution is -2.39. The zero-order chi connectivity index (χ0) is 11.6. The predicted molar refractivity (Wildman–Crippen MR) is 65.2 cm³/mol. The summed E-state index contributed by atoms with van der Waals surface area (Å²) in [6.45, 7) is 4.14. The first-order chi connectivity index (χ1) is 7.69. The second kappa shape index (κ2) is 4.28. The van der Waals surface area contributed by atoms with E-state index in [9.17, 15) is 4.79 Å². The smallest absolute Gasteiger partial charge is 0.230 e. The van der Waals surface area contributed by atoms with Crippen LogP contribution in [0, 0.1) is 0 Å². The van der Waals surface area contributed by atoms with Gasteiger partial charge in [-0.3, -0.25) is 4.79 Å². The summed E-state index contributed by atoms with van der Waals surface area (Å²) in [6, 6.07) is 10.4. The Morgan fingerprint density at radius 3 is 2.50 bits per heavy atom. The van der Waals surface area contributed by atoms with Gasteiger partial charge in [-0.25, -0.2) is 0 Å². The number of benzene rings is 1. The van der Waals surface area contributed by atoms with Gasteiger partial charge in [-0.05, 0) is 31.7 Å². The van der Waals surface area contributed by atoms with E-state index < -0.39 is 0 Å². The van der Waals surface area contributed by atoms with Crippen LogP contribution >= 0.6 is 0 Å². The van der Waals surface area contributed by atoms with Crippen molar-refractivity contribution < 1.29 is 4.79 Å². The molecule has 1 fully saturated rings. The molecule has 0 heterocycles. The highest BCUT2D eigenvalue weighted by atomic mass is 16.2. The van der Waals surface area contributed by atoms with Crippen LogP contribution in [0.4, 0.5) is 0 Å². The molecule has 16 heavy (non-hydrogen) atoms. The number of rotatable bonds is 4. The molecular weight excluding hydrogens is 198 g/mol. The Balaban J connectivity index is 2.12. The lowest BCUT2D eigenvalue weighted by atomic mass is 9.94. The van der Waals surface area contributed by atoms with E-state index >= 15 is 0 Å². The summed E-state index contributed by atoms with van der Waals surface area (Å²) in [7, 11) is 0. The van der Waals surface area contributed by atoms with Crippen molar-refractivity contribution >= 4 is 5.91 Å². The van der Waals surface area contributed by atoms with E-state index in [0.717, 1.165) is 24.8 Å². The highest BCUT2D eigenvalue weighted by molar-refractivity contribution is 5.91. The molecule has 1 saturated carbocycles. The minimum atomic E-state index is -0.218. The maximum Gasteiger partial charge on any atom is 0.230 e. The molecule has 1 N–H and O–H groups in total. The topological polar surface area (TPSA) is 29.1 Å². The molecule has 1 aliphatic rings. The van der Waals surface area contributed by atoms with Gasteiger partial charge < -0.3 is 5.32 Å². The number of hydrogen-bond acceptors (Lipinski definition) is 1. The minimum Gasteiger partial charge on any atom is -0.353 e. The standard InChI is InChI=1S/C14H19NO/c1-3-11(2)15-13(16)14(9-10-14)12-7-5-4-6-8-12/h4-8,11H,3,9-10H2,1-2H3,(H,15,16)/t11-/m1/s1. The molecule has 86 valence electrons. The van der Waals surface area contributed by atoms with E-state index in [-0.39, 0.29) is 17.4 Å². The van der Waals surface area contributed by atoms with Gasteiger partial charge in [0.1, 0.15) is 0 Å². The first-order valence-electron chi connectivity index (χ1n) is 6.05. The van der Waals surface area contributed by atoms with Gasteiger partial charge in [0.25, 0.3) is 0 Å². The number of nitrogens with one attached hydrogen (secondary N) is 1. The van der Waals surface area contributed by atoms with Gasteiger partial charge in [-0.15, -0.1) is 0 Å². The molecule has 0 bridgehead atoms. The highest BCUT2D eigenvalue weighted by Gasteiger charge is 2.51. The van der Waals surface area contributed by atoms with Crippen LogP contribution in [0.25, 0.3) is 0 Å². The zero-order valence-electron chi connectivity index (χ0n) is 9.99. The van der Waals surface area contributed by atoms with Crippen molar-refractivity contribution in [3.63, 3.8) is 0 Å². The summed E-state index contributed by atoms with van der Waals surface area (Å²) < 4.78 is 0. The third-order valence-electron chi connectivity index (χ3n) is 3.50. The average Bonchev–Trinajstić information content (AvgIpc) is 3.11. The fourth-order valence-corrected chi connectivity index (χ4v) is 1.99. The Morgan fingerprint density at radius 2 is 2.00 bits per heavy atom. The Morgan fingerprint density at radius 1 is 1.38 bits per heavy atom. The number of hydrogen-bond donors (Lipinski definition) is 1. The molecule has 0 aliphatic heterocycles. The van der Waals surface area contributed by atoms with Crippen molar-refractivity contribution in [1.29, 1.82) is 0 Å². The van der Waals surface area contributed by atoms with Crippen molar-refractivity contribution in [3.8, 4) is 0 Å². The first-order valence-corrected chi connectivity index (χ1v) is 6.05. The molecule has 0 aromatic heterocycles. The maximum atomic E-state index is 12.2. The quantitative estimate of drug-likeness (QED) is 0.825. The summed E-state index contributed by atoms with van der Waals surface area (Å²) in [6.07, 6.45) is 2.95. The van der Waals surface area contributed by atoms with Gasteiger partial charge in [-0.1, -0.05) is 37.3 Å². The summed E-state index contributed by atoms with van der Waals surface area (Å²) in [5.74, 6) is 0.202. The molecule has 1 aromatic carbocycles. The summed E-state index contributed by atoms with van der Waals surface area (Å²) in [5.41, 5.74) is 0.945. The summed E-state index contributed by atoms with van der Waals surface area (Å²) in [4.78, 5) is 12.2. The molecule has 0 radical (unpaired) electrons. The number of carbonyl (C=O) groups is 1. The SMILES string of the molecule is CC[C@@H](C)NC(=O)C1(c2ccccc2)CC1. The van der Waals surface area contributed by atoms with E-state index in [4.69, 9.17) is 0 Å². The monoisotopic (exact) mass is 217 g/mol. The van der Waals surface area contributed by atoms with Crippen LogP contribution < -0.4 is 5.32 Å². The van der Waals surface area contributed by atoms with Gasteiger partial charge in [0.05, 0.1) is 5.41 Å². The van der Waals surface area contributed by atoms with Crippen LogP contribution in [0.5, 0.6) is 0 Å². The van der Waals surface area contributed by atoms with Gasteiger partial charge in [0.15, 0.2) is 0 Å². The van der Waals surface area contributed by atoms with E-state index in [1.807, 2.05) is 18.2 Å². The van der Waals surface area contributed by atoms with Crippen LogP contribution in [0.3, 0.4) is 0 Å². The Labute approximate surface area is 97.1 Å². The van der Waals surface area contributed by atoms with Crippen molar-refractivity contribution in [2.45, 2.75) is 44.6 Å². The lowest BCUT2D eigenvalue weighted by molar-refractivity contribution is -0.124. The molecule has 0 saturated heterocycles. The molecule has 0 spiro atoms. The molecule has 1 aliphatic carbocycles. The molecule has 2 nitrogen and oxygen atoms in total. The third-order valence-corrected chi connectivity index (χ3v) is 3.50. The first kappa shape index (κ1) is 11.2. The van der Waals surface area contributed by atoms with Crippen molar-refractivity contribution in [3.05, 3.63) is 35.9 Å². The highest BCUT2D eigenvalue weighted by Crippen LogP contribution is 2.48. The second-order valence-corrected chi connectivity index (χ2v) is 4.73. The van der Waals surface area contributed by atoms with Crippen LogP contribution in [0.15, 0.2) is 30.3 Å². The van der Waals surface area contributed by atoms with E-state index in [1.165, 1.54) is 0 Å². The van der Waals surface area contributed by atoms with Crippen LogP contribution in [0.1, 0.15) is 38.7 Å². The predicted octanol–water partition coefficient (Wildman–Crippen LogP) is 2.63. The van der Waals surface area contributed by atoms with Gasteiger partial charge >= 0.3 is 0 Å². The van der Waals surface area contributed by atoms with E-state index in [2.05, 4.69) is 31.3 Å². The molecule has 0 unspecified atom stereocenters. The molecule has 1 amide bonds. The minimum absolute atomic E-state index is 0.202. The normalized spacial score (nSPS) is 18.9. The number of amides is 1. The molecule has 2 rings (SSSR count). The van der Waals surface area contributed by atoms with Gasteiger partial charge in [0, 0.05) is 6.04 Å². The molecule has 1 atom stereocenters. The van der Waals surface area contributed by atoms with Crippen LogP contribution in [-0.4, -0.2) is 11.9 Å². The maximum absolute atomic E-state index is 12.2. The van der Waals surface area contributed by atoms with Crippen molar-refractivity contribution in [2.75, 3.05) is 0 Å². The van der Waals surface area contributed by atoms with Crippen molar-refractivity contribution in [1.82, 2.24) is 5.32 Å². The Bertz CT molecular complexity index is 368. The zero-order valence-corrected chi connectivity index (χ0v) is 9.99. The fraction of sp³-hybridized carbons (Fsp3) is 0.500. The Hall–Kier alpha value is -1.31. The van der Waals surface area contributed by atoms with Gasteiger partial charge in [0.2, 0.25) is 5.91 Å². The molecule has 1 aromatic rings. The Kier molecular flexibility index (Phi) is 2.99.